The van der Waals surface area contributed by atoms with Crippen LogP contribution in [-0.4, -0.2) is 10.5 Å². The maximum Gasteiger partial charge on any atom is 0.252 e. The molecule has 0 unspecified atom stereocenters. The molecular weight excluding hydrogens is 279 g/mol. The number of para-hydroxylation sites is 1. The molecule has 0 aliphatic carbocycles. The highest BCUT2D eigenvalue weighted by Gasteiger charge is 2.08. The van der Waals surface area contributed by atoms with Gasteiger partial charge in [0, 0.05) is 17.3 Å². The fourth-order valence-corrected chi connectivity index (χ4v) is 2.39. The van der Waals surface area contributed by atoms with Gasteiger partial charge in [0.1, 0.15) is 0 Å². The number of hydrogen-bond donors (Lipinski definition) is 1. The molecule has 4 heteroatoms. The number of aryl methyl sites for hydroxylation is 1. The van der Waals surface area contributed by atoms with Crippen molar-refractivity contribution in [2.24, 2.45) is 0 Å². The summed E-state index contributed by atoms with van der Waals surface area (Å²) in [4.78, 5) is 11.9. The molecule has 3 nitrogen and oxygen atoms in total. The number of carbonyl (C=O) groups is 1. The van der Waals surface area contributed by atoms with Gasteiger partial charge < -0.3 is 5.32 Å². The monoisotopic (exact) mass is 294 g/mol. The molecule has 0 saturated carbocycles. The van der Waals surface area contributed by atoms with Gasteiger partial charge in [-0.05, 0) is 36.8 Å². The minimum atomic E-state index is -0.617. The Morgan fingerprint density at radius 3 is 2.64 bits per heavy atom. The number of nitrogens with zero attached hydrogens (tertiary/aromatic N) is 1. The van der Waals surface area contributed by atoms with Crippen molar-refractivity contribution in [1.82, 2.24) is 4.57 Å². The Labute approximate surface area is 127 Å². The van der Waals surface area contributed by atoms with Gasteiger partial charge in [0.25, 0.3) is 5.91 Å². The quantitative estimate of drug-likeness (QED) is 0.716. The average molecular weight is 294 g/mol. The normalized spacial score (nSPS) is 11.6. The van der Waals surface area contributed by atoms with Crippen molar-refractivity contribution in [3.8, 4) is 0 Å². The van der Waals surface area contributed by atoms with E-state index in [-0.39, 0.29) is 0 Å². The highest BCUT2D eigenvalue weighted by Crippen LogP contribution is 2.23. The number of halogens is 1. The standard InChI is InChI=1S/C18H15FN2O/c1-13-6-5-9-16-15(13)10-11-21(16)17(19)12-18(22)20-14-7-3-2-4-8-14/h2-12H,1H3,(H,20,22)/b17-12+. The molecule has 0 atom stereocenters. The summed E-state index contributed by atoms with van der Waals surface area (Å²) in [6.07, 6.45) is 2.58. The van der Waals surface area contributed by atoms with Crippen LogP contribution in [0.3, 0.4) is 0 Å². The van der Waals surface area contributed by atoms with E-state index in [2.05, 4.69) is 5.32 Å². The van der Waals surface area contributed by atoms with Gasteiger partial charge in [-0.15, -0.1) is 0 Å². The number of hydrogen-bond acceptors (Lipinski definition) is 1. The van der Waals surface area contributed by atoms with Crippen molar-refractivity contribution in [3.05, 3.63) is 72.4 Å². The maximum absolute atomic E-state index is 14.3. The van der Waals surface area contributed by atoms with Crippen LogP contribution in [0.25, 0.3) is 16.9 Å². The first-order valence-electron chi connectivity index (χ1n) is 6.95. The van der Waals surface area contributed by atoms with Gasteiger partial charge in [-0.25, -0.2) is 0 Å². The number of anilines is 1. The van der Waals surface area contributed by atoms with Crippen LogP contribution in [0.4, 0.5) is 10.1 Å². The Hall–Kier alpha value is -2.88. The van der Waals surface area contributed by atoms with Crippen molar-refractivity contribution in [2.45, 2.75) is 6.92 Å². The van der Waals surface area contributed by atoms with Crippen LogP contribution in [-0.2, 0) is 4.79 Å². The Bertz CT molecular complexity index is 850. The predicted octanol–water partition coefficient (Wildman–Crippen LogP) is 4.36. The van der Waals surface area contributed by atoms with Gasteiger partial charge in [0.2, 0.25) is 5.95 Å². The molecule has 1 N–H and O–H groups in total. The van der Waals surface area contributed by atoms with Crippen LogP contribution in [0.15, 0.2) is 66.9 Å². The second kappa shape index (κ2) is 5.85. The molecule has 0 aliphatic rings. The molecule has 0 fully saturated rings. The van der Waals surface area contributed by atoms with Crippen LogP contribution < -0.4 is 5.32 Å². The highest BCUT2D eigenvalue weighted by molar-refractivity contribution is 6.02. The zero-order valence-electron chi connectivity index (χ0n) is 12.1. The summed E-state index contributed by atoms with van der Waals surface area (Å²) in [5.41, 5.74) is 2.43. The van der Waals surface area contributed by atoms with E-state index >= 15 is 0 Å². The molecular formula is C18H15FN2O. The fraction of sp³-hybridized carbons (Fsp3) is 0.0556. The number of carbonyl (C=O) groups excluding carboxylic acids is 1. The molecule has 2 aromatic carbocycles. The molecule has 0 radical (unpaired) electrons. The minimum Gasteiger partial charge on any atom is -0.322 e. The number of nitrogens with one attached hydrogen (secondary N) is 1. The summed E-state index contributed by atoms with van der Waals surface area (Å²) >= 11 is 0. The minimum absolute atomic E-state index is 0.502. The Balaban J connectivity index is 1.87. The van der Waals surface area contributed by atoms with E-state index in [1.807, 2.05) is 37.3 Å². The van der Waals surface area contributed by atoms with E-state index < -0.39 is 11.9 Å². The number of rotatable bonds is 3. The lowest BCUT2D eigenvalue weighted by atomic mass is 10.1. The summed E-state index contributed by atoms with van der Waals surface area (Å²) in [6, 6.07) is 16.5. The predicted molar refractivity (Wildman–Crippen MR) is 87.1 cm³/mol. The SMILES string of the molecule is Cc1cccc2c1ccn2/C(F)=C/C(=O)Nc1ccccc1. The molecule has 1 aromatic heterocycles. The third kappa shape index (κ3) is 2.76. The van der Waals surface area contributed by atoms with Crippen molar-refractivity contribution in [2.75, 3.05) is 5.32 Å². The molecule has 3 rings (SSSR count). The first kappa shape index (κ1) is 14.1. The molecule has 110 valence electrons. The van der Waals surface area contributed by atoms with Crippen molar-refractivity contribution < 1.29 is 9.18 Å². The molecule has 1 amide bonds. The third-order valence-electron chi connectivity index (χ3n) is 3.47. The Kier molecular flexibility index (Phi) is 3.74. The van der Waals surface area contributed by atoms with E-state index in [0.717, 1.165) is 22.5 Å². The molecule has 0 spiro atoms. The van der Waals surface area contributed by atoms with Gasteiger partial charge in [-0.2, -0.15) is 4.39 Å². The Morgan fingerprint density at radius 1 is 1.09 bits per heavy atom. The second-order valence-corrected chi connectivity index (χ2v) is 5.02. The van der Waals surface area contributed by atoms with Gasteiger partial charge >= 0.3 is 0 Å². The summed E-state index contributed by atoms with van der Waals surface area (Å²) < 4.78 is 15.7. The van der Waals surface area contributed by atoms with E-state index in [4.69, 9.17) is 0 Å². The van der Waals surface area contributed by atoms with Gasteiger partial charge in [0.05, 0.1) is 11.6 Å². The number of aromatic nitrogens is 1. The lowest BCUT2D eigenvalue weighted by molar-refractivity contribution is -0.111. The summed E-state index contributed by atoms with van der Waals surface area (Å²) in [7, 11) is 0. The summed E-state index contributed by atoms with van der Waals surface area (Å²) in [6.45, 7) is 1.97. The zero-order chi connectivity index (χ0) is 15.5. The number of fused-ring (bicyclic) bond motifs is 1. The second-order valence-electron chi connectivity index (χ2n) is 5.02. The van der Waals surface area contributed by atoms with Crippen molar-refractivity contribution in [3.63, 3.8) is 0 Å². The fourth-order valence-electron chi connectivity index (χ4n) is 2.39. The van der Waals surface area contributed by atoms with Crippen LogP contribution in [0.2, 0.25) is 0 Å². The Morgan fingerprint density at radius 2 is 1.86 bits per heavy atom. The van der Waals surface area contributed by atoms with Gasteiger partial charge in [-0.1, -0.05) is 30.3 Å². The maximum atomic E-state index is 14.3. The zero-order valence-corrected chi connectivity index (χ0v) is 12.1. The number of benzene rings is 2. The first-order chi connectivity index (χ1) is 10.6. The van der Waals surface area contributed by atoms with E-state index in [1.54, 1.807) is 30.5 Å². The molecule has 0 bridgehead atoms. The molecule has 0 saturated heterocycles. The first-order valence-corrected chi connectivity index (χ1v) is 6.95. The van der Waals surface area contributed by atoms with Crippen LogP contribution in [0.5, 0.6) is 0 Å². The molecule has 22 heavy (non-hydrogen) atoms. The molecule has 1 heterocycles. The number of amides is 1. The van der Waals surface area contributed by atoms with Crippen LogP contribution >= 0.6 is 0 Å². The molecule has 3 aromatic rings. The van der Waals surface area contributed by atoms with Crippen LogP contribution in [0, 0.1) is 6.92 Å². The highest BCUT2D eigenvalue weighted by atomic mass is 19.1. The van der Waals surface area contributed by atoms with Crippen LogP contribution in [0.1, 0.15) is 5.56 Å². The topological polar surface area (TPSA) is 34.0 Å². The summed E-state index contributed by atoms with van der Waals surface area (Å²) in [5, 5.41) is 3.59. The van der Waals surface area contributed by atoms with Crippen molar-refractivity contribution in [1.29, 1.82) is 0 Å². The lowest BCUT2D eigenvalue weighted by Crippen LogP contribution is -2.09. The molecule has 0 aliphatic heterocycles. The van der Waals surface area contributed by atoms with Gasteiger partial charge in [0.15, 0.2) is 0 Å². The summed E-state index contributed by atoms with van der Waals surface area (Å²) in [5.74, 6) is -1.12. The lowest BCUT2D eigenvalue weighted by Gasteiger charge is -2.04. The van der Waals surface area contributed by atoms with Gasteiger partial charge in [-0.3, -0.25) is 9.36 Å². The van der Waals surface area contributed by atoms with E-state index in [9.17, 15) is 9.18 Å². The smallest absolute Gasteiger partial charge is 0.252 e. The average Bonchev–Trinajstić information content (AvgIpc) is 2.93. The van der Waals surface area contributed by atoms with Crippen molar-refractivity contribution >= 4 is 28.4 Å². The third-order valence-corrected chi connectivity index (χ3v) is 3.47. The largest absolute Gasteiger partial charge is 0.322 e. The van der Waals surface area contributed by atoms with E-state index in [1.165, 1.54) is 4.57 Å². The van der Waals surface area contributed by atoms with E-state index in [0.29, 0.717) is 5.69 Å².